The van der Waals surface area contributed by atoms with Gasteiger partial charge in [-0.2, -0.15) is 0 Å². The van der Waals surface area contributed by atoms with Gasteiger partial charge in [0.05, 0.1) is 79.4 Å². The lowest BCUT2D eigenvalue weighted by atomic mass is 9.78. The first-order valence-corrected chi connectivity index (χ1v) is 34.5. The maximum absolute atomic E-state index is 12.2. The number of methoxy groups -OCH3 is 3. The third-order valence-electron chi connectivity index (χ3n) is 23.0. The molecular formula is C70H100O28. The Morgan fingerprint density at radius 3 is 1.45 bits per heavy atom. The molecule has 8 bridgehead atoms. The van der Waals surface area contributed by atoms with Crippen LogP contribution in [0.25, 0.3) is 0 Å². The van der Waals surface area contributed by atoms with Crippen molar-refractivity contribution in [3.63, 3.8) is 0 Å². The predicted molar refractivity (Wildman–Crippen MR) is 333 cm³/mol. The van der Waals surface area contributed by atoms with Crippen molar-refractivity contribution in [3.8, 4) is 0 Å². The minimum Gasteiger partial charge on any atom is -0.469 e. The van der Waals surface area contributed by atoms with Crippen LogP contribution in [0.15, 0.2) is 0 Å². The van der Waals surface area contributed by atoms with Gasteiger partial charge in [0.15, 0.2) is 32.0 Å². The van der Waals surface area contributed by atoms with Crippen LogP contribution in [0, 0.1) is 98.6 Å². The first-order chi connectivity index (χ1) is 46.1. The number of cyclic esters (lactones) is 2. The summed E-state index contributed by atoms with van der Waals surface area (Å²) in [4.78, 5) is 153. The zero-order valence-electron chi connectivity index (χ0n) is 59.1. The summed E-state index contributed by atoms with van der Waals surface area (Å²) in [7, 11) is 4.02. The molecule has 0 aromatic rings. The standard InChI is InChI=1S/C18H26O7.C17H22O9.C17H24O6.C9H16O4.C9H12O2/c1-5-18(2,3)17(21)24-8-12(19)25-15-9-6-10(14(15)22-4)13-11(9)7-23-16(13)20;1-5-17(2,3)16(21)23-6-7(18)24-12-10-8(14(19)22-4)9-11(25-10)13(12)26-15(9)20;1-4-17(2,3)16(20)21-6-5-12(18)22-13-9-7-10-11(8-9)15(19)23-14(10)13;1-5-9(2,3)8(11)13-6-7(10)12-4;10-9-8-6-2-1-5(3-6)7(8)4-11-9/h9-11,13-15H,5-8H2,1-4H3;8-13H,5-6H2,1-4H3;9-11,13-14H,4-8H2,1-3H3;5-6H2,1-4H3;5-8H,1-4H2. The Morgan fingerprint density at radius 2 is 0.918 bits per heavy atom. The average Bonchev–Trinajstić information content (AvgIpc) is 1.56. The number of hydrogen-bond acceptors (Lipinski definition) is 28. The highest BCUT2D eigenvalue weighted by Gasteiger charge is 2.72. The van der Waals surface area contributed by atoms with Crippen LogP contribution < -0.4 is 0 Å². The normalized spacial score (nSPS) is 33.8. The Bertz CT molecular complexity index is 3020. The van der Waals surface area contributed by atoms with Gasteiger partial charge in [-0.05, 0) is 131 Å². The first-order valence-electron chi connectivity index (χ1n) is 34.5. The molecule has 28 heteroatoms. The fourth-order valence-corrected chi connectivity index (χ4v) is 15.6. The Hall–Kier alpha value is -6.97. The van der Waals surface area contributed by atoms with Crippen molar-refractivity contribution in [2.45, 2.75) is 203 Å². The summed E-state index contributed by atoms with van der Waals surface area (Å²) in [5.74, 6) is -4.01. The molecule has 6 saturated carbocycles. The van der Waals surface area contributed by atoms with Crippen LogP contribution in [0.3, 0.4) is 0 Å². The second-order valence-corrected chi connectivity index (χ2v) is 30.2. The molecular weight excluding hydrogens is 1290 g/mol. The summed E-state index contributed by atoms with van der Waals surface area (Å²) in [6.45, 7) is 21.5. The number of carbonyl (C=O) groups excluding carboxylic acids is 13. The van der Waals surface area contributed by atoms with E-state index in [1.807, 2.05) is 41.5 Å². The number of rotatable bonds is 22. The third-order valence-corrected chi connectivity index (χ3v) is 23.0. The molecule has 28 nitrogen and oxygen atoms in total. The smallest absolute Gasteiger partial charge is 0.344 e. The molecule has 6 heterocycles. The van der Waals surface area contributed by atoms with Crippen LogP contribution in [-0.4, -0.2) is 187 Å². The van der Waals surface area contributed by atoms with Crippen molar-refractivity contribution in [2.75, 3.05) is 61.0 Å². The largest absolute Gasteiger partial charge is 0.469 e. The van der Waals surface area contributed by atoms with Crippen molar-refractivity contribution in [2.24, 2.45) is 98.6 Å². The van der Waals surface area contributed by atoms with Gasteiger partial charge in [-0.15, -0.1) is 0 Å². The monoisotopic (exact) mass is 1390 g/mol. The maximum atomic E-state index is 12.2. The summed E-state index contributed by atoms with van der Waals surface area (Å²) in [5, 5.41) is 0. The molecule has 21 unspecified atom stereocenters. The highest BCUT2D eigenvalue weighted by atomic mass is 16.7. The molecule has 21 atom stereocenters. The van der Waals surface area contributed by atoms with Gasteiger partial charge < -0.3 is 71.1 Å². The van der Waals surface area contributed by atoms with E-state index < -0.39 is 125 Å². The minimum atomic E-state index is -0.933. The van der Waals surface area contributed by atoms with Crippen LogP contribution in [-0.2, 0) is 133 Å². The molecule has 0 aromatic heterocycles. The quantitative estimate of drug-likeness (QED) is 0.0951. The highest BCUT2D eigenvalue weighted by Crippen LogP contribution is 2.59. The molecule has 0 spiro atoms. The molecule has 12 rings (SSSR count). The van der Waals surface area contributed by atoms with Crippen molar-refractivity contribution < 1.29 is 133 Å². The number of fused-ring (bicyclic) bond motifs is 12. The van der Waals surface area contributed by atoms with Gasteiger partial charge in [0.2, 0.25) is 0 Å². The van der Waals surface area contributed by atoms with Gasteiger partial charge >= 0.3 is 77.6 Å². The van der Waals surface area contributed by atoms with Crippen LogP contribution in [0.5, 0.6) is 0 Å². The van der Waals surface area contributed by atoms with Gasteiger partial charge in [0, 0.05) is 42.6 Å². The maximum Gasteiger partial charge on any atom is 0.344 e. The highest BCUT2D eigenvalue weighted by molar-refractivity contribution is 5.87. The van der Waals surface area contributed by atoms with E-state index in [2.05, 4.69) is 4.74 Å². The first kappa shape index (κ1) is 76.8. The lowest BCUT2D eigenvalue weighted by Gasteiger charge is -2.34. The molecule has 0 N–H and O–H groups in total. The van der Waals surface area contributed by atoms with E-state index in [0.29, 0.717) is 50.0 Å². The summed E-state index contributed by atoms with van der Waals surface area (Å²) in [6, 6.07) is 0. The van der Waals surface area contributed by atoms with Gasteiger partial charge in [0.1, 0.15) is 49.0 Å². The van der Waals surface area contributed by atoms with E-state index in [1.54, 1.807) is 48.7 Å². The number of hydrogen-bond donors (Lipinski definition) is 0. The molecule has 6 aliphatic carbocycles. The van der Waals surface area contributed by atoms with E-state index in [0.717, 1.165) is 31.8 Å². The fourth-order valence-electron chi connectivity index (χ4n) is 15.6. The topological polar surface area (TPSA) is 360 Å². The predicted octanol–water partition coefficient (Wildman–Crippen LogP) is 5.51. The molecule has 6 saturated heterocycles. The molecule has 12 fully saturated rings. The minimum absolute atomic E-state index is 0.0113. The van der Waals surface area contributed by atoms with Crippen molar-refractivity contribution >= 4 is 77.6 Å². The van der Waals surface area contributed by atoms with Crippen LogP contribution in [0.2, 0.25) is 0 Å². The average molecular weight is 1390 g/mol. The molecule has 0 aromatic carbocycles. The van der Waals surface area contributed by atoms with E-state index >= 15 is 0 Å². The van der Waals surface area contributed by atoms with Gasteiger partial charge in [-0.25, -0.2) is 14.4 Å². The van der Waals surface area contributed by atoms with E-state index in [1.165, 1.54) is 33.5 Å². The zero-order chi connectivity index (χ0) is 72.3. The Morgan fingerprint density at radius 1 is 0.418 bits per heavy atom. The molecule has 12 aliphatic rings. The Balaban J connectivity index is 0.000000161. The molecule has 0 radical (unpaired) electrons. The molecule has 6 aliphatic heterocycles. The third kappa shape index (κ3) is 16.1. The van der Waals surface area contributed by atoms with E-state index in [-0.39, 0.29) is 109 Å². The van der Waals surface area contributed by atoms with Gasteiger partial charge in [-0.3, -0.25) is 47.9 Å². The molecule has 0 amide bonds. The summed E-state index contributed by atoms with van der Waals surface area (Å²) in [6.07, 6.45) is 4.48. The van der Waals surface area contributed by atoms with Crippen molar-refractivity contribution in [3.05, 3.63) is 0 Å². The molecule has 98 heavy (non-hydrogen) atoms. The number of ether oxygens (including phenoxy) is 15. The summed E-state index contributed by atoms with van der Waals surface area (Å²) < 4.78 is 77.4. The number of esters is 13. The number of carbonyl (C=O) groups is 13. The summed E-state index contributed by atoms with van der Waals surface area (Å²) in [5.41, 5.74) is -2.41. The Labute approximate surface area is 571 Å². The summed E-state index contributed by atoms with van der Waals surface area (Å²) >= 11 is 0. The van der Waals surface area contributed by atoms with Gasteiger partial charge in [-0.1, -0.05) is 27.7 Å². The second-order valence-electron chi connectivity index (χ2n) is 30.2. The van der Waals surface area contributed by atoms with E-state index in [9.17, 15) is 62.3 Å². The van der Waals surface area contributed by atoms with Gasteiger partial charge in [0.25, 0.3) is 0 Å². The molecule has 548 valence electrons. The van der Waals surface area contributed by atoms with Crippen LogP contribution in [0.1, 0.15) is 154 Å². The van der Waals surface area contributed by atoms with E-state index in [4.69, 9.17) is 66.3 Å². The lowest BCUT2D eigenvalue weighted by molar-refractivity contribution is -0.176. The lowest BCUT2D eigenvalue weighted by Crippen LogP contribution is -2.48. The van der Waals surface area contributed by atoms with Crippen LogP contribution >= 0.6 is 0 Å². The Kier molecular flexibility index (Phi) is 24.5. The second kappa shape index (κ2) is 31.3. The SMILES string of the molecule is CCC(C)(C)C(=O)OCC(=O)OC.CCC(C)(C)C(=O)OCC(=O)OC1C2CC(C1OC)C1C(=O)OCC21.CCC(C)(C)C(=O)OCC(=O)OC1C2OC(=O)C3C2OC1C3C(=O)OC.CCC(C)(C)C(=O)OCCC(=O)OC1C2CC3C(=O)OC1C3C2.O=C1OCC2C3CCC(C3)C12. The van der Waals surface area contributed by atoms with Crippen molar-refractivity contribution in [1.29, 1.82) is 0 Å². The zero-order valence-corrected chi connectivity index (χ0v) is 59.1. The van der Waals surface area contributed by atoms with Crippen molar-refractivity contribution in [1.82, 2.24) is 0 Å². The van der Waals surface area contributed by atoms with Crippen LogP contribution in [0.4, 0.5) is 0 Å². The fraction of sp³-hybridized carbons (Fsp3) is 0.814.